The number of para-hydroxylation sites is 1. The number of amidine groups is 1. The van der Waals surface area contributed by atoms with Gasteiger partial charge >= 0.3 is 0 Å². The Balaban J connectivity index is 1.58. The molecular formula is C27H35N3O2. The first kappa shape index (κ1) is 22.4. The van der Waals surface area contributed by atoms with Gasteiger partial charge in [0.15, 0.2) is 0 Å². The average molecular weight is 434 g/mol. The van der Waals surface area contributed by atoms with Crippen molar-refractivity contribution in [3.05, 3.63) is 59.7 Å². The van der Waals surface area contributed by atoms with Crippen molar-refractivity contribution in [3.63, 3.8) is 0 Å². The lowest BCUT2D eigenvalue weighted by molar-refractivity contribution is 0.0928. The molecule has 0 bridgehead atoms. The molecule has 5 heteroatoms. The Bertz CT molecular complexity index is 911. The van der Waals surface area contributed by atoms with E-state index in [0.29, 0.717) is 11.6 Å². The number of carbonyl (C=O) groups is 1. The number of benzene rings is 2. The van der Waals surface area contributed by atoms with Crippen molar-refractivity contribution in [3.8, 4) is 5.75 Å². The van der Waals surface area contributed by atoms with Crippen LogP contribution in [0.3, 0.4) is 0 Å². The summed E-state index contributed by atoms with van der Waals surface area (Å²) in [7, 11) is 1.67. The normalized spacial score (nSPS) is 18.2. The summed E-state index contributed by atoms with van der Waals surface area (Å²) in [6.45, 7) is 0. The van der Waals surface area contributed by atoms with Gasteiger partial charge in [-0.3, -0.25) is 9.79 Å². The quantitative estimate of drug-likeness (QED) is 0.437. The maximum absolute atomic E-state index is 13.1. The highest BCUT2D eigenvalue weighted by Gasteiger charge is 2.20. The number of hydrogen-bond acceptors (Lipinski definition) is 3. The Hall–Kier alpha value is -2.82. The molecule has 2 aliphatic rings. The van der Waals surface area contributed by atoms with E-state index in [4.69, 9.17) is 9.73 Å². The van der Waals surface area contributed by atoms with Crippen LogP contribution in [0.2, 0.25) is 0 Å². The van der Waals surface area contributed by atoms with Crippen LogP contribution in [0, 0.1) is 0 Å². The number of nitrogens with one attached hydrogen (secondary N) is 2. The van der Waals surface area contributed by atoms with Gasteiger partial charge in [-0.2, -0.15) is 0 Å². The molecule has 2 aliphatic carbocycles. The lowest BCUT2D eigenvalue weighted by atomic mass is 9.95. The first-order valence-corrected chi connectivity index (χ1v) is 12.1. The van der Waals surface area contributed by atoms with Crippen LogP contribution in [0.15, 0.2) is 53.5 Å². The monoisotopic (exact) mass is 433 g/mol. The van der Waals surface area contributed by atoms with Gasteiger partial charge in [-0.25, -0.2) is 0 Å². The molecule has 2 aromatic rings. The summed E-state index contributed by atoms with van der Waals surface area (Å²) < 4.78 is 5.33. The van der Waals surface area contributed by atoms with Crippen LogP contribution < -0.4 is 15.4 Å². The molecule has 0 aliphatic heterocycles. The first-order valence-electron chi connectivity index (χ1n) is 12.1. The van der Waals surface area contributed by atoms with Crippen LogP contribution in [0.4, 0.5) is 5.69 Å². The maximum atomic E-state index is 13.1. The number of hydrogen-bond donors (Lipinski definition) is 2. The largest absolute Gasteiger partial charge is 0.497 e. The van der Waals surface area contributed by atoms with Crippen LogP contribution in [0.5, 0.6) is 5.75 Å². The summed E-state index contributed by atoms with van der Waals surface area (Å²) in [6.07, 6.45) is 11.8. The second kappa shape index (κ2) is 11.2. The van der Waals surface area contributed by atoms with Crippen LogP contribution >= 0.6 is 0 Å². The molecule has 32 heavy (non-hydrogen) atoms. The van der Waals surface area contributed by atoms with Crippen molar-refractivity contribution in [2.45, 2.75) is 76.3 Å². The van der Waals surface area contributed by atoms with Gasteiger partial charge in [-0.05, 0) is 62.1 Å². The minimum Gasteiger partial charge on any atom is -0.497 e. The highest BCUT2D eigenvalue weighted by Crippen LogP contribution is 2.24. The van der Waals surface area contributed by atoms with Crippen molar-refractivity contribution in [2.24, 2.45) is 4.99 Å². The van der Waals surface area contributed by atoms with Crippen molar-refractivity contribution in [1.82, 2.24) is 5.32 Å². The van der Waals surface area contributed by atoms with Crippen LogP contribution in [-0.2, 0) is 0 Å². The van der Waals surface area contributed by atoms with Crippen molar-refractivity contribution in [2.75, 3.05) is 12.4 Å². The fourth-order valence-electron chi connectivity index (χ4n) is 4.75. The summed E-state index contributed by atoms with van der Waals surface area (Å²) >= 11 is 0. The van der Waals surface area contributed by atoms with E-state index in [1.54, 1.807) is 7.11 Å². The molecule has 0 atom stereocenters. The number of methoxy groups -OCH3 is 1. The predicted octanol–water partition coefficient (Wildman–Crippen LogP) is 5.95. The van der Waals surface area contributed by atoms with Gasteiger partial charge in [0.1, 0.15) is 11.6 Å². The zero-order valence-electron chi connectivity index (χ0n) is 19.1. The molecule has 0 radical (unpaired) electrons. The Kier molecular flexibility index (Phi) is 7.81. The molecule has 0 spiro atoms. The van der Waals surface area contributed by atoms with Crippen LogP contribution in [0.1, 0.15) is 80.1 Å². The molecule has 2 saturated carbocycles. The number of carbonyl (C=O) groups excluding carboxylic acids is 1. The average Bonchev–Trinajstić information content (AvgIpc) is 2.85. The third-order valence-electron chi connectivity index (χ3n) is 6.61. The number of amides is 1. The molecule has 2 N–H and O–H groups in total. The topological polar surface area (TPSA) is 62.7 Å². The SMILES string of the molecule is COc1ccc(C(=NC2CCCCC2)Nc2ccccc2C(=O)NC2CCCCC2)cc1. The maximum Gasteiger partial charge on any atom is 0.253 e. The van der Waals surface area contributed by atoms with Crippen LogP contribution in [0.25, 0.3) is 0 Å². The van der Waals surface area contributed by atoms with E-state index in [2.05, 4.69) is 10.6 Å². The number of anilines is 1. The smallest absolute Gasteiger partial charge is 0.253 e. The summed E-state index contributed by atoms with van der Waals surface area (Å²) in [5.74, 6) is 1.63. The van der Waals surface area contributed by atoms with Crippen molar-refractivity contribution in [1.29, 1.82) is 0 Å². The number of nitrogens with zero attached hydrogens (tertiary/aromatic N) is 1. The summed E-state index contributed by atoms with van der Waals surface area (Å²) in [6, 6.07) is 16.3. The Labute approximate surface area is 191 Å². The molecule has 4 rings (SSSR count). The number of rotatable bonds is 6. The highest BCUT2D eigenvalue weighted by molar-refractivity contribution is 6.11. The van der Waals surface area contributed by atoms with Crippen molar-refractivity contribution < 1.29 is 9.53 Å². The van der Waals surface area contributed by atoms with E-state index in [-0.39, 0.29) is 11.9 Å². The van der Waals surface area contributed by atoms with Gasteiger partial charge < -0.3 is 15.4 Å². The van der Waals surface area contributed by atoms with Gasteiger partial charge in [0.25, 0.3) is 5.91 Å². The lowest BCUT2D eigenvalue weighted by Gasteiger charge is -2.24. The van der Waals surface area contributed by atoms with Gasteiger partial charge in [-0.1, -0.05) is 50.7 Å². The Morgan fingerprint density at radius 2 is 1.53 bits per heavy atom. The van der Waals surface area contributed by atoms with E-state index in [1.165, 1.54) is 38.5 Å². The zero-order chi connectivity index (χ0) is 22.2. The standard InChI is InChI=1S/C27H35N3O2/c1-32-23-18-16-20(17-19-23)26(28-21-10-4-2-5-11-21)30-25-15-9-8-14-24(25)27(31)29-22-12-6-3-7-13-22/h8-9,14-19,21-22H,2-7,10-13H2,1H3,(H,28,30)(H,29,31). The molecule has 0 aromatic heterocycles. The molecule has 0 saturated heterocycles. The third kappa shape index (κ3) is 5.90. The summed E-state index contributed by atoms with van der Waals surface area (Å²) in [5, 5.41) is 6.76. The van der Waals surface area contributed by atoms with Crippen molar-refractivity contribution >= 4 is 17.4 Å². The summed E-state index contributed by atoms with van der Waals surface area (Å²) in [5.41, 5.74) is 2.47. The minimum atomic E-state index is -0.00764. The van der Waals surface area contributed by atoms with Crippen LogP contribution in [-0.4, -0.2) is 30.9 Å². The zero-order valence-corrected chi connectivity index (χ0v) is 19.1. The molecule has 1 amide bonds. The molecular weight excluding hydrogens is 398 g/mol. The fourth-order valence-corrected chi connectivity index (χ4v) is 4.75. The molecule has 0 heterocycles. The highest BCUT2D eigenvalue weighted by atomic mass is 16.5. The second-order valence-electron chi connectivity index (χ2n) is 8.98. The number of aliphatic imine (C=N–C) groups is 1. The van der Waals surface area contributed by atoms with E-state index in [1.807, 2.05) is 48.5 Å². The molecule has 2 fully saturated rings. The number of ether oxygens (including phenoxy) is 1. The van der Waals surface area contributed by atoms with E-state index < -0.39 is 0 Å². The molecule has 5 nitrogen and oxygen atoms in total. The summed E-state index contributed by atoms with van der Waals surface area (Å²) in [4.78, 5) is 18.2. The first-order chi connectivity index (χ1) is 15.7. The predicted molar refractivity (Wildman–Crippen MR) is 131 cm³/mol. The Morgan fingerprint density at radius 1 is 0.875 bits per heavy atom. The minimum absolute atomic E-state index is 0.00764. The fraction of sp³-hybridized carbons (Fsp3) is 0.481. The third-order valence-corrected chi connectivity index (χ3v) is 6.61. The second-order valence-corrected chi connectivity index (χ2v) is 8.98. The Morgan fingerprint density at radius 3 is 2.22 bits per heavy atom. The lowest BCUT2D eigenvalue weighted by Crippen LogP contribution is -2.36. The molecule has 170 valence electrons. The van der Waals surface area contributed by atoms with E-state index in [9.17, 15) is 4.79 Å². The van der Waals surface area contributed by atoms with Gasteiger partial charge in [0, 0.05) is 11.6 Å². The molecule has 2 aromatic carbocycles. The van der Waals surface area contributed by atoms with Gasteiger partial charge in [0.2, 0.25) is 0 Å². The molecule has 0 unspecified atom stereocenters. The van der Waals surface area contributed by atoms with Gasteiger partial charge in [-0.15, -0.1) is 0 Å². The van der Waals surface area contributed by atoms with E-state index in [0.717, 1.165) is 48.5 Å². The van der Waals surface area contributed by atoms with E-state index >= 15 is 0 Å². The van der Waals surface area contributed by atoms with Gasteiger partial charge in [0.05, 0.1) is 24.4 Å².